The largest absolute Gasteiger partial charge is 0.357 e. The Kier molecular flexibility index (Phi) is 5.93. The number of nitrogens with zero attached hydrogens (tertiary/aromatic N) is 1. The lowest BCUT2D eigenvalue weighted by molar-refractivity contribution is 0.756. The Morgan fingerprint density at radius 3 is 2.56 bits per heavy atom. The maximum absolute atomic E-state index is 4.56. The fraction of sp³-hybridized carbons (Fsp3) is 0.583. The van der Waals surface area contributed by atoms with Crippen molar-refractivity contribution in [3.63, 3.8) is 0 Å². The van der Waals surface area contributed by atoms with Crippen molar-refractivity contribution in [2.75, 3.05) is 19.6 Å². The van der Waals surface area contributed by atoms with E-state index < -0.39 is 0 Å². The summed E-state index contributed by atoms with van der Waals surface area (Å²) in [5.74, 6) is 1.39. The molecule has 0 saturated heterocycles. The van der Waals surface area contributed by atoms with Crippen LogP contribution < -0.4 is 10.6 Å². The van der Waals surface area contributed by atoms with Gasteiger partial charge in [-0.3, -0.25) is 4.99 Å². The first-order valence-electron chi connectivity index (χ1n) is 5.82. The molecule has 0 aliphatic heterocycles. The highest BCUT2D eigenvalue weighted by Crippen LogP contribution is 2.18. The highest BCUT2D eigenvalue weighted by molar-refractivity contribution is 7.07. The fourth-order valence-electron chi connectivity index (χ4n) is 1.40. The fourth-order valence-corrected chi connectivity index (χ4v) is 2.18. The van der Waals surface area contributed by atoms with Crippen LogP contribution >= 0.6 is 11.3 Å². The van der Waals surface area contributed by atoms with Crippen LogP contribution in [0.2, 0.25) is 0 Å². The van der Waals surface area contributed by atoms with Crippen LogP contribution in [0.1, 0.15) is 32.3 Å². The van der Waals surface area contributed by atoms with E-state index >= 15 is 0 Å². The zero-order chi connectivity index (χ0) is 11.8. The standard InChI is InChI=1S/C12H21N3S/c1-4-13-12(14-5-2)15-8-10(3)11-6-7-16-9-11/h6-7,9-10H,4-5,8H2,1-3H3,(H2,13,14,15). The van der Waals surface area contributed by atoms with Crippen LogP contribution in [0, 0.1) is 0 Å². The van der Waals surface area contributed by atoms with Crippen molar-refractivity contribution in [3.05, 3.63) is 22.4 Å². The maximum Gasteiger partial charge on any atom is 0.191 e. The topological polar surface area (TPSA) is 36.4 Å². The van der Waals surface area contributed by atoms with Crippen LogP contribution in [-0.2, 0) is 0 Å². The summed E-state index contributed by atoms with van der Waals surface area (Å²) in [7, 11) is 0. The minimum atomic E-state index is 0.485. The third kappa shape index (κ3) is 4.23. The molecule has 90 valence electrons. The lowest BCUT2D eigenvalue weighted by Gasteiger charge is -2.11. The minimum Gasteiger partial charge on any atom is -0.357 e. The van der Waals surface area contributed by atoms with E-state index in [1.54, 1.807) is 11.3 Å². The van der Waals surface area contributed by atoms with Gasteiger partial charge in [-0.05, 0) is 36.2 Å². The van der Waals surface area contributed by atoms with Gasteiger partial charge in [0.15, 0.2) is 5.96 Å². The van der Waals surface area contributed by atoms with Gasteiger partial charge in [-0.2, -0.15) is 11.3 Å². The molecular formula is C12H21N3S. The quantitative estimate of drug-likeness (QED) is 0.611. The number of thiophene rings is 1. The van der Waals surface area contributed by atoms with E-state index in [2.05, 4.69) is 53.2 Å². The Labute approximate surface area is 102 Å². The summed E-state index contributed by atoms with van der Waals surface area (Å²) in [6.07, 6.45) is 0. The summed E-state index contributed by atoms with van der Waals surface area (Å²) < 4.78 is 0. The van der Waals surface area contributed by atoms with Gasteiger partial charge >= 0.3 is 0 Å². The molecule has 0 saturated carbocycles. The molecule has 3 nitrogen and oxygen atoms in total. The molecule has 1 rings (SSSR count). The number of nitrogens with one attached hydrogen (secondary N) is 2. The van der Waals surface area contributed by atoms with Gasteiger partial charge < -0.3 is 10.6 Å². The van der Waals surface area contributed by atoms with Crippen LogP contribution in [0.15, 0.2) is 21.8 Å². The molecule has 0 aromatic carbocycles. The summed E-state index contributed by atoms with van der Waals surface area (Å²) in [6, 6.07) is 2.17. The van der Waals surface area contributed by atoms with Crippen molar-refractivity contribution in [3.8, 4) is 0 Å². The second-order valence-electron chi connectivity index (χ2n) is 3.71. The number of hydrogen-bond acceptors (Lipinski definition) is 2. The summed E-state index contributed by atoms with van der Waals surface area (Å²) in [5.41, 5.74) is 1.38. The molecule has 2 N–H and O–H groups in total. The van der Waals surface area contributed by atoms with Crippen molar-refractivity contribution in [1.29, 1.82) is 0 Å². The molecule has 0 bridgehead atoms. The second-order valence-corrected chi connectivity index (χ2v) is 4.49. The van der Waals surface area contributed by atoms with Gasteiger partial charge in [-0.15, -0.1) is 0 Å². The van der Waals surface area contributed by atoms with E-state index in [9.17, 15) is 0 Å². The van der Waals surface area contributed by atoms with Crippen LogP contribution in [-0.4, -0.2) is 25.6 Å². The van der Waals surface area contributed by atoms with Crippen molar-refractivity contribution in [1.82, 2.24) is 10.6 Å². The van der Waals surface area contributed by atoms with Gasteiger partial charge in [-0.1, -0.05) is 6.92 Å². The Hall–Kier alpha value is -1.03. The second kappa shape index (κ2) is 7.28. The number of aliphatic imine (C=N–C) groups is 1. The van der Waals surface area contributed by atoms with Gasteiger partial charge in [0.25, 0.3) is 0 Å². The molecule has 1 heterocycles. The van der Waals surface area contributed by atoms with Gasteiger partial charge in [0, 0.05) is 25.6 Å². The molecule has 0 aliphatic carbocycles. The summed E-state index contributed by atoms with van der Waals surface area (Å²) in [6.45, 7) is 8.99. The predicted molar refractivity (Wildman–Crippen MR) is 72.4 cm³/mol. The molecule has 1 unspecified atom stereocenters. The molecule has 0 amide bonds. The molecule has 4 heteroatoms. The van der Waals surface area contributed by atoms with Crippen LogP contribution in [0.3, 0.4) is 0 Å². The maximum atomic E-state index is 4.56. The van der Waals surface area contributed by atoms with Gasteiger partial charge in [0.2, 0.25) is 0 Å². The Morgan fingerprint density at radius 1 is 1.38 bits per heavy atom. The summed E-state index contributed by atoms with van der Waals surface area (Å²) in [5, 5.41) is 10.8. The van der Waals surface area contributed by atoms with Crippen LogP contribution in [0.25, 0.3) is 0 Å². The average molecular weight is 239 g/mol. The molecule has 1 atom stereocenters. The Morgan fingerprint density at radius 2 is 2.06 bits per heavy atom. The normalized spacial score (nSPS) is 11.9. The number of hydrogen-bond donors (Lipinski definition) is 2. The highest BCUT2D eigenvalue weighted by Gasteiger charge is 2.05. The van der Waals surface area contributed by atoms with E-state index in [0.717, 1.165) is 25.6 Å². The van der Waals surface area contributed by atoms with Gasteiger partial charge in [-0.25, -0.2) is 0 Å². The molecule has 0 radical (unpaired) electrons. The summed E-state index contributed by atoms with van der Waals surface area (Å²) >= 11 is 1.74. The average Bonchev–Trinajstić information content (AvgIpc) is 2.79. The minimum absolute atomic E-state index is 0.485. The third-order valence-corrected chi connectivity index (χ3v) is 3.03. The first kappa shape index (κ1) is 13.0. The van der Waals surface area contributed by atoms with Gasteiger partial charge in [0.1, 0.15) is 0 Å². The number of rotatable bonds is 5. The van der Waals surface area contributed by atoms with Crippen molar-refractivity contribution >= 4 is 17.3 Å². The zero-order valence-corrected chi connectivity index (χ0v) is 11.1. The van der Waals surface area contributed by atoms with Crippen LogP contribution in [0.4, 0.5) is 0 Å². The first-order chi connectivity index (χ1) is 7.77. The van der Waals surface area contributed by atoms with E-state index in [0.29, 0.717) is 5.92 Å². The Balaban J connectivity index is 2.48. The molecule has 1 aromatic heterocycles. The lowest BCUT2D eigenvalue weighted by atomic mass is 10.1. The molecular weight excluding hydrogens is 218 g/mol. The van der Waals surface area contributed by atoms with Crippen LogP contribution in [0.5, 0.6) is 0 Å². The smallest absolute Gasteiger partial charge is 0.191 e. The predicted octanol–water partition coefficient (Wildman–Crippen LogP) is 2.43. The molecule has 0 aliphatic rings. The first-order valence-corrected chi connectivity index (χ1v) is 6.76. The molecule has 0 fully saturated rings. The Bertz CT molecular complexity index is 298. The SMILES string of the molecule is CCNC(=NCC(C)c1ccsc1)NCC. The third-order valence-electron chi connectivity index (χ3n) is 2.32. The molecule has 16 heavy (non-hydrogen) atoms. The van der Waals surface area contributed by atoms with E-state index in [1.165, 1.54) is 5.56 Å². The van der Waals surface area contributed by atoms with E-state index in [-0.39, 0.29) is 0 Å². The lowest BCUT2D eigenvalue weighted by Crippen LogP contribution is -2.37. The monoisotopic (exact) mass is 239 g/mol. The van der Waals surface area contributed by atoms with Crippen molar-refractivity contribution < 1.29 is 0 Å². The summed E-state index contributed by atoms with van der Waals surface area (Å²) in [4.78, 5) is 4.56. The van der Waals surface area contributed by atoms with Crippen molar-refractivity contribution in [2.24, 2.45) is 4.99 Å². The van der Waals surface area contributed by atoms with Gasteiger partial charge in [0.05, 0.1) is 0 Å². The van der Waals surface area contributed by atoms with E-state index in [4.69, 9.17) is 0 Å². The van der Waals surface area contributed by atoms with E-state index in [1.807, 2.05) is 0 Å². The molecule has 1 aromatic rings. The molecule has 0 spiro atoms. The van der Waals surface area contributed by atoms with Crippen molar-refractivity contribution in [2.45, 2.75) is 26.7 Å². The number of guanidine groups is 1. The zero-order valence-electron chi connectivity index (χ0n) is 10.3. The highest BCUT2D eigenvalue weighted by atomic mass is 32.1.